The molecule has 4 aromatic rings. The Hall–Kier alpha value is -3.83. The number of furan rings is 1. The zero-order chi connectivity index (χ0) is 27.0. The number of benzene rings is 1. The predicted octanol–water partition coefficient (Wildman–Crippen LogP) is 4.70. The number of rotatable bonds is 8. The summed E-state index contributed by atoms with van der Waals surface area (Å²) in [5.74, 6) is 1.26. The molecule has 2 N–H and O–H groups in total. The molecule has 1 fully saturated rings. The number of nitrogens with one attached hydrogen (secondary N) is 2. The molecule has 0 bridgehead atoms. The molecular formula is C27H29N5O4S2. The highest BCUT2D eigenvalue weighted by Gasteiger charge is 2.42. The van der Waals surface area contributed by atoms with Gasteiger partial charge in [0.2, 0.25) is 10.0 Å². The number of pyridine rings is 1. The number of aromatic nitrogens is 2. The van der Waals surface area contributed by atoms with Gasteiger partial charge in [-0.3, -0.25) is 9.71 Å². The Kier molecular flexibility index (Phi) is 6.89. The first kappa shape index (κ1) is 25.8. The average molecular weight is 552 g/mol. The second kappa shape index (κ2) is 10.1. The van der Waals surface area contributed by atoms with E-state index in [-0.39, 0.29) is 12.1 Å². The van der Waals surface area contributed by atoms with E-state index >= 15 is 0 Å². The zero-order valence-electron chi connectivity index (χ0n) is 21.5. The lowest BCUT2D eigenvalue weighted by Crippen LogP contribution is -2.29. The van der Waals surface area contributed by atoms with E-state index < -0.39 is 10.0 Å². The Morgan fingerprint density at radius 2 is 1.97 bits per heavy atom. The maximum Gasteiger partial charge on any atom is 0.229 e. The van der Waals surface area contributed by atoms with Crippen molar-refractivity contribution in [2.45, 2.75) is 32.5 Å². The quantitative estimate of drug-likeness (QED) is 0.304. The normalized spacial score (nSPS) is 17.5. The van der Waals surface area contributed by atoms with Crippen molar-refractivity contribution in [3.63, 3.8) is 0 Å². The summed E-state index contributed by atoms with van der Waals surface area (Å²) in [5, 5.41) is 4.01. The molecule has 0 radical (unpaired) electrons. The number of anilines is 2. The SMILES string of the molecule is COc1cc(N2C(=S)N[C@H](c3ccccn3)[C@H]2c2cc(C)n(Cc3ccco3)c2C)ccc1NS(C)(=O)=O. The predicted molar refractivity (Wildman–Crippen MR) is 151 cm³/mol. The molecule has 38 heavy (non-hydrogen) atoms. The molecule has 4 heterocycles. The van der Waals surface area contributed by atoms with E-state index in [1.807, 2.05) is 41.3 Å². The van der Waals surface area contributed by atoms with Crippen LogP contribution in [0.15, 0.2) is 71.5 Å². The van der Waals surface area contributed by atoms with Crippen LogP contribution in [0.2, 0.25) is 0 Å². The molecule has 0 aliphatic carbocycles. The summed E-state index contributed by atoms with van der Waals surface area (Å²) in [6, 6.07) is 16.7. The van der Waals surface area contributed by atoms with Crippen molar-refractivity contribution in [2.24, 2.45) is 0 Å². The van der Waals surface area contributed by atoms with Crippen molar-refractivity contribution < 1.29 is 17.6 Å². The number of hydrogen-bond acceptors (Lipinski definition) is 6. The molecule has 2 atom stereocenters. The maximum absolute atomic E-state index is 11.9. The highest BCUT2D eigenvalue weighted by atomic mass is 32.2. The number of aryl methyl sites for hydroxylation is 1. The molecule has 1 aliphatic heterocycles. The third-order valence-corrected chi connectivity index (χ3v) is 7.59. The molecule has 0 spiro atoms. The van der Waals surface area contributed by atoms with Gasteiger partial charge >= 0.3 is 0 Å². The van der Waals surface area contributed by atoms with Crippen molar-refractivity contribution >= 4 is 38.7 Å². The summed E-state index contributed by atoms with van der Waals surface area (Å²) in [5.41, 5.74) is 5.25. The Labute approximate surface area is 227 Å². The number of nitrogens with zero attached hydrogens (tertiary/aromatic N) is 3. The molecule has 11 heteroatoms. The Balaban J connectivity index is 1.62. The standard InChI is InChI=1S/C27H29N5O4S2/c1-17-14-21(18(2)31(17)16-20-8-7-13-36-20)26-25(23-9-5-6-12-28-23)29-27(37)32(26)19-10-11-22(24(15-19)35-3)30-38(4,33)34/h5-15,25-26,30H,16H2,1-4H3,(H,29,37)/t25-,26-/m1/s1. The van der Waals surface area contributed by atoms with Crippen molar-refractivity contribution in [1.29, 1.82) is 0 Å². The van der Waals surface area contributed by atoms with Gasteiger partial charge in [-0.2, -0.15) is 0 Å². The highest BCUT2D eigenvalue weighted by Crippen LogP contribution is 2.44. The minimum atomic E-state index is -3.48. The monoisotopic (exact) mass is 551 g/mol. The molecule has 1 aromatic carbocycles. The molecule has 5 rings (SSSR count). The van der Waals surface area contributed by atoms with Gasteiger partial charge in [-0.05, 0) is 74.1 Å². The number of ether oxygens (including phenoxy) is 1. The summed E-state index contributed by atoms with van der Waals surface area (Å²) >= 11 is 5.87. The number of methoxy groups -OCH3 is 1. The molecule has 0 saturated carbocycles. The molecule has 1 saturated heterocycles. The van der Waals surface area contributed by atoms with E-state index in [4.69, 9.17) is 21.4 Å². The van der Waals surface area contributed by atoms with Gasteiger partial charge in [0.15, 0.2) is 5.11 Å². The molecule has 198 valence electrons. The smallest absolute Gasteiger partial charge is 0.229 e. The van der Waals surface area contributed by atoms with Crippen LogP contribution in [-0.4, -0.2) is 36.4 Å². The summed E-state index contributed by atoms with van der Waals surface area (Å²) in [6.45, 7) is 4.79. The first-order valence-corrected chi connectivity index (χ1v) is 14.3. The first-order chi connectivity index (χ1) is 18.2. The van der Waals surface area contributed by atoms with Gasteiger partial charge in [-0.15, -0.1) is 0 Å². The molecule has 0 unspecified atom stereocenters. The highest BCUT2D eigenvalue weighted by molar-refractivity contribution is 7.92. The third-order valence-electron chi connectivity index (χ3n) is 6.68. The van der Waals surface area contributed by atoms with Crippen molar-refractivity contribution in [2.75, 3.05) is 23.0 Å². The second-order valence-electron chi connectivity index (χ2n) is 9.25. The minimum absolute atomic E-state index is 0.221. The lowest BCUT2D eigenvalue weighted by atomic mass is 9.96. The van der Waals surface area contributed by atoms with E-state index in [0.29, 0.717) is 23.1 Å². The van der Waals surface area contributed by atoms with E-state index in [9.17, 15) is 8.42 Å². The topological polar surface area (TPSA) is 102 Å². The molecule has 1 aliphatic rings. The van der Waals surface area contributed by atoms with Crippen LogP contribution >= 0.6 is 12.2 Å². The van der Waals surface area contributed by atoms with Crippen LogP contribution in [0.3, 0.4) is 0 Å². The van der Waals surface area contributed by atoms with Crippen molar-refractivity contribution in [3.8, 4) is 5.75 Å². The van der Waals surface area contributed by atoms with Gasteiger partial charge in [0.05, 0.1) is 49.6 Å². The van der Waals surface area contributed by atoms with Crippen LogP contribution in [-0.2, 0) is 16.6 Å². The molecule has 3 aromatic heterocycles. The summed E-state index contributed by atoms with van der Waals surface area (Å²) < 4.78 is 39.6. The Morgan fingerprint density at radius 1 is 1.16 bits per heavy atom. The minimum Gasteiger partial charge on any atom is -0.494 e. The Morgan fingerprint density at radius 3 is 2.63 bits per heavy atom. The lowest BCUT2D eigenvalue weighted by molar-refractivity contribution is 0.417. The van der Waals surface area contributed by atoms with Crippen LogP contribution in [0, 0.1) is 13.8 Å². The van der Waals surface area contributed by atoms with E-state index in [1.54, 1.807) is 24.6 Å². The van der Waals surface area contributed by atoms with Crippen molar-refractivity contribution in [1.82, 2.24) is 14.9 Å². The zero-order valence-corrected chi connectivity index (χ0v) is 23.1. The fourth-order valence-corrected chi connectivity index (χ4v) is 5.91. The first-order valence-electron chi connectivity index (χ1n) is 12.0. The van der Waals surface area contributed by atoms with Gasteiger partial charge in [-0.25, -0.2) is 8.42 Å². The maximum atomic E-state index is 11.9. The van der Waals surface area contributed by atoms with Crippen LogP contribution in [0.5, 0.6) is 5.75 Å². The van der Waals surface area contributed by atoms with Crippen LogP contribution in [0.4, 0.5) is 11.4 Å². The molecular weight excluding hydrogens is 522 g/mol. The number of thiocarbonyl (C=S) groups is 1. The van der Waals surface area contributed by atoms with Gasteiger partial charge in [0, 0.05) is 29.3 Å². The third kappa shape index (κ3) is 4.99. The van der Waals surface area contributed by atoms with E-state index in [1.165, 1.54) is 7.11 Å². The summed E-state index contributed by atoms with van der Waals surface area (Å²) in [6.07, 6.45) is 4.55. The van der Waals surface area contributed by atoms with Crippen LogP contribution in [0.25, 0.3) is 0 Å². The van der Waals surface area contributed by atoms with Gasteiger partial charge < -0.3 is 23.9 Å². The lowest BCUT2D eigenvalue weighted by Gasteiger charge is -2.29. The number of hydrogen-bond donors (Lipinski definition) is 2. The molecule has 0 amide bonds. The van der Waals surface area contributed by atoms with Crippen LogP contribution < -0.4 is 19.7 Å². The number of sulfonamides is 1. The van der Waals surface area contributed by atoms with E-state index in [2.05, 4.69) is 39.5 Å². The van der Waals surface area contributed by atoms with Gasteiger partial charge in [0.25, 0.3) is 0 Å². The van der Waals surface area contributed by atoms with Crippen LogP contribution in [0.1, 0.15) is 40.5 Å². The largest absolute Gasteiger partial charge is 0.494 e. The fraction of sp³-hybridized carbons (Fsp3) is 0.259. The fourth-order valence-electron chi connectivity index (χ4n) is 4.99. The van der Waals surface area contributed by atoms with Gasteiger partial charge in [0.1, 0.15) is 11.5 Å². The van der Waals surface area contributed by atoms with Gasteiger partial charge in [-0.1, -0.05) is 6.07 Å². The summed E-state index contributed by atoms with van der Waals surface area (Å²) in [7, 11) is -1.98. The summed E-state index contributed by atoms with van der Waals surface area (Å²) in [4.78, 5) is 6.68. The average Bonchev–Trinajstić information content (AvgIpc) is 3.59. The van der Waals surface area contributed by atoms with E-state index in [0.717, 1.165) is 40.3 Å². The second-order valence-corrected chi connectivity index (χ2v) is 11.4. The molecule has 9 nitrogen and oxygen atoms in total. The Bertz CT molecular complexity index is 1570. The van der Waals surface area contributed by atoms with Crippen molar-refractivity contribution in [3.05, 3.63) is 95.5 Å².